The third-order valence-corrected chi connectivity index (χ3v) is 7.14. The number of methoxy groups -OCH3 is 1. The average Bonchev–Trinajstić information content (AvgIpc) is 2.75. The van der Waals surface area contributed by atoms with Crippen LogP contribution in [0.3, 0.4) is 0 Å². The summed E-state index contributed by atoms with van der Waals surface area (Å²) in [5.41, 5.74) is 0.671. The molecule has 2 atom stereocenters. The Morgan fingerprint density at radius 2 is 1.75 bits per heavy atom. The molecule has 36 heavy (non-hydrogen) atoms. The Hall–Kier alpha value is -2.37. The van der Waals surface area contributed by atoms with Gasteiger partial charge in [0.15, 0.2) is 14.9 Å². The van der Waals surface area contributed by atoms with Gasteiger partial charge in [-0.05, 0) is 29.3 Å². The highest BCUT2D eigenvalue weighted by molar-refractivity contribution is 7.90. The van der Waals surface area contributed by atoms with Crippen LogP contribution < -0.4 is 5.32 Å². The molecule has 194 valence electrons. The summed E-state index contributed by atoms with van der Waals surface area (Å²) in [5, 5.41) is -0.0148. The minimum absolute atomic E-state index is 0.00205. The monoisotopic (exact) mass is 563 g/mol. The maximum absolute atomic E-state index is 13.3. The Morgan fingerprint density at radius 1 is 1.14 bits per heavy atom. The normalized spacial score (nSPS) is 19.6. The van der Waals surface area contributed by atoms with Gasteiger partial charge in [-0.25, -0.2) is 8.42 Å². The highest BCUT2D eigenvalue weighted by Gasteiger charge is 2.48. The molecule has 2 aromatic carbocycles. The molecular formula is C24H22Cl2F3NO5S. The first-order valence-electron chi connectivity index (χ1n) is 10.5. The van der Waals surface area contributed by atoms with E-state index in [0.717, 1.165) is 6.26 Å². The Morgan fingerprint density at radius 3 is 2.28 bits per heavy atom. The molecule has 0 spiro atoms. The third-order valence-electron chi connectivity index (χ3n) is 5.32. The van der Waals surface area contributed by atoms with E-state index in [-0.39, 0.29) is 27.8 Å². The molecule has 0 saturated heterocycles. The molecule has 0 bridgehead atoms. The zero-order valence-corrected chi connectivity index (χ0v) is 21.4. The summed E-state index contributed by atoms with van der Waals surface area (Å²) in [7, 11) is -2.07. The number of carbonyl (C=O) groups excluding carboxylic acids is 1. The van der Waals surface area contributed by atoms with Crippen molar-refractivity contribution in [1.82, 2.24) is 5.32 Å². The van der Waals surface area contributed by atoms with E-state index >= 15 is 0 Å². The summed E-state index contributed by atoms with van der Waals surface area (Å²) in [6.45, 7) is -0.0821. The van der Waals surface area contributed by atoms with Gasteiger partial charge in [0.1, 0.15) is 0 Å². The topological polar surface area (TPSA) is 81.7 Å². The maximum atomic E-state index is 13.3. The standard InChI is InChI=1S/C24H22Cl2F3NO5S/c1-34-14-19(15-8-10-18(11-9-15)36(2,32)33)22(31)30-17-12-20(25)21(16-6-4-3-5-7-16)23(26,13-17)35-24(27,28)29/h3-12,19H,13-14H2,1-2H3,(H,30,31). The Kier molecular flexibility index (Phi) is 8.57. The van der Waals surface area contributed by atoms with Gasteiger partial charge in [0, 0.05) is 31.1 Å². The minimum Gasteiger partial charge on any atom is -0.384 e. The predicted molar refractivity (Wildman–Crippen MR) is 130 cm³/mol. The molecule has 3 rings (SSSR count). The lowest BCUT2D eigenvalue weighted by Crippen LogP contribution is -2.40. The van der Waals surface area contributed by atoms with Crippen LogP contribution in [-0.2, 0) is 24.1 Å². The molecule has 1 amide bonds. The van der Waals surface area contributed by atoms with Crippen LogP contribution >= 0.6 is 23.2 Å². The van der Waals surface area contributed by atoms with E-state index in [0.29, 0.717) is 11.1 Å². The first-order valence-corrected chi connectivity index (χ1v) is 13.1. The van der Waals surface area contributed by atoms with Gasteiger partial charge in [-0.3, -0.25) is 9.53 Å². The number of halogens is 5. The molecule has 1 aliphatic carbocycles. The Balaban J connectivity index is 1.94. The van der Waals surface area contributed by atoms with Crippen LogP contribution in [0.5, 0.6) is 0 Å². The third kappa shape index (κ3) is 6.89. The summed E-state index contributed by atoms with van der Waals surface area (Å²) >= 11 is 12.8. The van der Waals surface area contributed by atoms with E-state index < -0.39 is 39.5 Å². The maximum Gasteiger partial charge on any atom is 0.524 e. The number of rotatable bonds is 8. The Bertz CT molecular complexity index is 1280. The number of nitrogens with one attached hydrogen (secondary N) is 1. The second-order valence-electron chi connectivity index (χ2n) is 8.05. The zero-order chi connectivity index (χ0) is 26.7. The van der Waals surface area contributed by atoms with E-state index in [1.54, 1.807) is 30.3 Å². The highest BCUT2D eigenvalue weighted by Crippen LogP contribution is 2.48. The van der Waals surface area contributed by atoms with Crippen molar-refractivity contribution < 1.29 is 35.9 Å². The van der Waals surface area contributed by atoms with Gasteiger partial charge in [0.05, 0.1) is 22.5 Å². The van der Waals surface area contributed by atoms with Gasteiger partial charge in [-0.1, -0.05) is 65.7 Å². The number of ether oxygens (including phenoxy) is 2. The fraction of sp³-hybridized carbons (Fsp3) is 0.292. The van der Waals surface area contributed by atoms with E-state index in [4.69, 9.17) is 27.9 Å². The van der Waals surface area contributed by atoms with Gasteiger partial charge in [0.2, 0.25) is 5.91 Å². The number of allylic oxidation sites excluding steroid dienone is 2. The molecule has 0 aromatic heterocycles. The summed E-state index contributed by atoms with van der Waals surface area (Å²) in [6.07, 6.45) is -3.27. The summed E-state index contributed by atoms with van der Waals surface area (Å²) in [6, 6.07) is 13.6. The summed E-state index contributed by atoms with van der Waals surface area (Å²) < 4.78 is 72.8. The molecular weight excluding hydrogens is 542 g/mol. The molecule has 12 heteroatoms. The van der Waals surface area contributed by atoms with E-state index in [1.165, 1.54) is 37.5 Å². The molecule has 0 saturated carbocycles. The van der Waals surface area contributed by atoms with Crippen molar-refractivity contribution >= 4 is 44.5 Å². The van der Waals surface area contributed by atoms with Crippen LogP contribution in [0.25, 0.3) is 5.57 Å². The first-order chi connectivity index (χ1) is 16.7. The smallest absolute Gasteiger partial charge is 0.384 e. The fourth-order valence-electron chi connectivity index (χ4n) is 3.78. The second-order valence-corrected chi connectivity index (χ2v) is 11.1. The number of carbonyl (C=O) groups is 1. The van der Waals surface area contributed by atoms with Crippen molar-refractivity contribution in [2.75, 3.05) is 20.0 Å². The molecule has 1 N–H and O–H groups in total. The lowest BCUT2D eigenvalue weighted by Gasteiger charge is -2.35. The lowest BCUT2D eigenvalue weighted by atomic mass is 9.91. The van der Waals surface area contributed by atoms with Crippen molar-refractivity contribution in [3.63, 3.8) is 0 Å². The van der Waals surface area contributed by atoms with E-state index in [2.05, 4.69) is 10.1 Å². The fourth-order valence-corrected chi connectivity index (χ4v) is 5.29. The second kappa shape index (κ2) is 10.9. The van der Waals surface area contributed by atoms with Crippen LogP contribution in [0.2, 0.25) is 0 Å². The van der Waals surface area contributed by atoms with Crippen molar-refractivity contribution in [2.45, 2.75) is 28.7 Å². The van der Waals surface area contributed by atoms with Crippen molar-refractivity contribution in [3.8, 4) is 0 Å². The van der Waals surface area contributed by atoms with Gasteiger partial charge in [-0.15, -0.1) is 13.2 Å². The van der Waals surface area contributed by atoms with Gasteiger partial charge in [0.25, 0.3) is 0 Å². The SMILES string of the molecule is COCC(C(=O)NC1=CC(Cl)=C(c2ccccc2)C(Cl)(OC(F)(F)F)C1)c1ccc(S(C)(=O)=O)cc1. The molecule has 2 unspecified atom stereocenters. The van der Waals surface area contributed by atoms with Crippen LogP contribution in [0.15, 0.2) is 76.3 Å². The molecule has 0 heterocycles. The molecule has 1 aliphatic rings. The molecule has 0 aliphatic heterocycles. The first kappa shape index (κ1) is 28.2. The van der Waals surface area contributed by atoms with Crippen LogP contribution in [0.4, 0.5) is 13.2 Å². The predicted octanol–water partition coefficient (Wildman–Crippen LogP) is 5.35. The van der Waals surface area contributed by atoms with Crippen LogP contribution in [0.1, 0.15) is 23.5 Å². The average molecular weight is 564 g/mol. The highest BCUT2D eigenvalue weighted by atomic mass is 35.5. The minimum atomic E-state index is -5.09. The summed E-state index contributed by atoms with van der Waals surface area (Å²) in [4.78, 5) is 13.2. The number of alkyl halides is 4. The van der Waals surface area contributed by atoms with Crippen molar-refractivity contribution in [2.24, 2.45) is 0 Å². The quantitative estimate of drug-likeness (QED) is 0.438. The van der Waals surface area contributed by atoms with Crippen molar-refractivity contribution in [1.29, 1.82) is 0 Å². The van der Waals surface area contributed by atoms with Gasteiger partial charge in [-0.2, -0.15) is 0 Å². The molecule has 0 radical (unpaired) electrons. The van der Waals surface area contributed by atoms with E-state index in [9.17, 15) is 26.4 Å². The Labute approximate surface area is 216 Å². The molecule has 6 nitrogen and oxygen atoms in total. The number of benzene rings is 2. The summed E-state index contributed by atoms with van der Waals surface area (Å²) in [5.74, 6) is -1.52. The number of amides is 1. The lowest BCUT2D eigenvalue weighted by molar-refractivity contribution is -0.342. The van der Waals surface area contributed by atoms with Crippen LogP contribution in [-0.4, -0.2) is 45.7 Å². The van der Waals surface area contributed by atoms with Crippen LogP contribution in [0, 0.1) is 0 Å². The van der Waals surface area contributed by atoms with Crippen molar-refractivity contribution in [3.05, 3.63) is 82.5 Å². The number of hydrogen-bond acceptors (Lipinski definition) is 5. The molecule has 0 fully saturated rings. The molecule has 2 aromatic rings. The van der Waals surface area contributed by atoms with Gasteiger partial charge < -0.3 is 10.1 Å². The largest absolute Gasteiger partial charge is 0.524 e. The number of sulfone groups is 1. The zero-order valence-electron chi connectivity index (χ0n) is 19.1. The number of hydrogen-bond donors (Lipinski definition) is 1. The van der Waals surface area contributed by atoms with Gasteiger partial charge >= 0.3 is 6.36 Å². The van der Waals surface area contributed by atoms with E-state index in [1.807, 2.05) is 0 Å².